The van der Waals surface area contributed by atoms with E-state index in [4.69, 9.17) is 5.73 Å². The quantitative estimate of drug-likeness (QED) is 0.768. The fourth-order valence-electron chi connectivity index (χ4n) is 4.38. The summed E-state index contributed by atoms with van der Waals surface area (Å²) in [4.78, 5) is 0. The van der Waals surface area contributed by atoms with E-state index in [2.05, 4.69) is 13.8 Å². The second-order valence-corrected chi connectivity index (χ2v) is 7.16. The van der Waals surface area contributed by atoms with E-state index in [0.717, 1.165) is 17.8 Å². The highest BCUT2D eigenvalue weighted by Crippen LogP contribution is 2.43. The molecule has 0 aromatic carbocycles. The number of rotatable bonds is 3. The van der Waals surface area contributed by atoms with Gasteiger partial charge in [0, 0.05) is 5.54 Å². The van der Waals surface area contributed by atoms with Crippen molar-refractivity contribution in [2.24, 2.45) is 23.5 Å². The molecule has 2 saturated carbocycles. The van der Waals surface area contributed by atoms with Gasteiger partial charge in [0.05, 0.1) is 0 Å². The molecule has 2 atom stereocenters. The van der Waals surface area contributed by atoms with Gasteiger partial charge >= 0.3 is 0 Å². The second-order valence-electron chi connectivity index (χ2n) is 7.16. The van der Waals surface area contributed by atoms with Gasteiger partial charge in [0.15, 0.2) is 0 Å². The van der Waals surface area contributed by atoms with Crippen molar-refractivity contribution in [3.8, 4) is 0 Å². The number of hydrogen-bond donors (Lipinski definition) is 1. The highest BCUT2D eigenvalue weighted by Gasteiger charge is 2.39. The first-order valence-electron chi connectivity index (χ1n) is 7.89. The average Bonchev–Trinajstić information content (AvgIpc) is 2.29. The van der Waals surface area contributed by atoms with E-state index in [9.17, 15) is 0 Å². The molecule has 0 saturated heterocycles. The van der Waals surface area contributed by atoms with Gasteiger partial charge in [-0.3, -0.25) is 0 Å². The van der Waals surface area contributed by atoms with E-state index < -0.39 is 0 Å². The van der Waals surface area contributed by atoms with Crippen LogP contribution in [-0.2, 0) is 0 Å². The van der Waals surface area contributed by atoms with Crippen LogP contribution in [0.2, 0.25) is 0 Å². The van der Waals surface area contributed by atoms with Crippen LogP contribution in [0.1, 0.15) is 78.1 Å². The van der Waals surface area contributed by atoms with Crippen LogP contribution < -0.4 is 5.73 Å². The van der Waals surface area contributed by atoms with Crippen molar-refractivity contribution in [1.29, 1.82) is 0 Å². The van der Waals surface area contributed by atoms with Gasteiger partial charge in [0.25, 0.3) is 0 Å². The molecule has 1 nitrogen and oxygen atoms in total. The van der Waals surface area contributed by atoms with Gasteiger partial charge in [0.1, 0.15) is 0 Å². The normalized spacial score (nSPS) is 36.4. The fourth-order valence-corrected chi connectivity index (χ4v) is 4.38. The highest BCUT2D eigenvalue weighted by molar-refractivity contribution is 4.97. The Morgan fingerprint density at radius 2 is 1.76 bits per heavy atom. The van der Waals surface area contributed by atoms with Crippen LogP contribution >= 0.6 is 0 Å². The monoisotopic (exact) mass is 237 g/mol. The topological polar surface area (TPSA) is 26.0 Å². The summed E-state index contributed by atoms with van der Waals surface area (Å²) in [6.45, 7) is 4.71. The van der Waals surface area contributed by atoms with Crippen molar-refractivity contribution in [3.05, 3.63) is 0 Å². The Balaban J connectivity index is 1.93. The summed E-state index contributed by atoms with van der Waals surface area (Å²) in [7, 11) is 0. The van der Waals surface area contributed by atoms with Gasteiger partial charge in [-0.2, -0.15) is 0 Å². The molecule has 2 N–H and O–H groups in total. The van der Waals surface area contributed by atoms with Crippen LogP contribution in [0.4, 0.5) is 0 Å². The summed E-state index contributed by atoms with van der Waals surface area (Å²) >= 11 is 0. The Hall–Kier alpha value is -0.0400. The molecule has 17 heavy (non-hydrogen) atoms. The standard InChI is InChI=1S/C16H31N/c1-13(2)11-14-7-6-10-16(17,12-14)15-8-4-3-5-9-15/h13-15H,3-12,17H2,1-2H3. The third-order valence-corrected chi connectivity index (χ3v) is 5.15. The zero-order chi connectivity index (χ0) is 12.3. The molecule has 0 aromatic rings. The van der Waals surface area contributed by atoms with Crippen molar-refractivity contribution in [2.75, 3.05) is 0 Å². The summed E-state index contributed by atoms with van der Waals surface area (Å²) in [6, 6.07) is 0. The maximum absolute atomic E-state index is 6.80. The first-order valence-corrected chi connectivity index (χ1v) is 7.89. The molecule has 0 bridgehead atoms. The van der Waals surface area contributed by atoms with E-state index in [1.54, 1.807) is 0 Å². The molecule has 0 aliphatic heterocycles. The van der Waals surface area contributed by atoms with Crippen molar-refractivity contribution in [1.82, 2.24) is 0 Å². The lowest BCUT2D eigenvalue weighted by molar-refractivity contribution is 0.113. The summed E-state index contributed by atoms with van der Waals surface area (Å²) in [5, 5.41) is 0. The molecule has 2 aliphatic rings. The molecular weight excluding hydrogens is 206 g/mol. The van der Waals surface area contributed by atoms with Crippen LogP contribution in [0.15, 0.2) is 0 Å². The first-order chi connectivity index (χ1) is 8.10. The van der Waals surface area contributed by atoms with Crippen LogP contribution in [-0.4, -0.2) is 5.54 Å². The van der Waals surface area contributed by atoms with Crippen LogP contribution in [0.25, 0.3) is 0 Å². The van der Waals surface area contributed by atoms with E-state index in [0.29, 0.717) is 0 Å². The number of nitrogens with two attached hydrogens (primary N) is 1. The maximum atomic E-state index is 6.80. The lowest BCUT2D eigenvalue weighted by Crippen LogP contribution is -2.51. The van der Waals surface area contributed by atoms with Gasteiger partial charge in [-0.15, -0.1) is 0 Å². The minimum atomic E-state index is 0.207. The van der Waals surface area contributed by atoms with Gasteiger partial charge in [-0.05, 0) is 49.9 Å². The first kappa shape index (κ1) is 13.4. The summed E-state index contributed by atoms with van der Waals surface area (Å²) in [5.74, 6) is 2.59. The summed E-state index contributed by atoms with van der Waals surface area (Å²) in [6.07, 6.45) is 13.9. The molecule has 0 aromatic heterocycles. The minimum absolute atomic E-state index is 0.207. The number of hydrogen-bond acceptors (Lipinski definition) is 1. The van der Waals surface area contributed by atoms with Crippen molar-refractivity contribution < 1.29 is 0 Å². The summed E-state index contributed by atoms with van der Waals surface area (Å²) in [5.41, 5.74) is 7.01. The molecule has 0 amide bonds. The van der Waals surface area contributed by atoms with Crippen LogP contribution in [0.5, 0.6) is 0 Å². The fraction of sp³-hybridized carbons (Fsp3) is 1.00. The molecule has 2 aliphatic carbocycles. The molecule has 2 rings (SSSR count). The Labute approximate surface area is 108 Å². The van der Waals surface area contributed by atoms with Gasteiger partial charge in [-0.25, -0.2) is 0 Å². The van der Waals surface area contributed by atoms with E-state index in [-0.39, 0.29) is 5.54 Å². The van der Waals surface area contributed by atoms with Crippen molar-refractivity contribution in [3.63, 3.8) is 0 Å². The highest BCUT2D eigenvalue weighted by atomic mass is 14.8. The predicted octanol–water partition coefficient (Wildman–Crippen LogP) is 4.50. The SMILES string of the molecule is CC(C)CC1CCCC(N)(C2CCCCC2)C1. The average molecular weight is 237 g/mol. The minimum Gasteiger partial charge on any atom is -0.325 e. The zero-order valence-electron chi connectivity index (χ0n) is 11.9. The Bertz CT molecular complexity index is 230. The lowest BCUT2D eigenvalue weighted by atomic mass is 9.64. The van der Waals surface area contributed by atoms with E-state index in [1.807, 2.05) is 0 Å². The van der Waals surface area contributed by atoms with Gasteiger partial charge in [-0.1, -0.05) is 46.0 Å². The van der Waals surface area contributed by atoms with Crippen molar-refractivity contribution >= 4 is 0 Å². The largest absolute Gasteiger partial charge is 0.325 e. The third-order valence-electron chi connectivity index (χ3n) is 5.15. The Morgan fingerprint density at radius 3 is 2.41 bits per heavy atom. The lowest BCUT2D eigenvalue weighted by Gasteiger charge is -2.45. The van der Waals surface area contributed by atoms with Crippen molar-refractivity contribution in [2.45, 2.75) is 83.6 Å². The third kappa shape index (κ3) is 3.47. The Morgan fingerprint density at radius 1 is 1.06 bits per heavy atom. The molecule has 2 unspecified atom stereocenters. The smallest absolute Gasteiger partial charge is 0.0185 e. The molecule has 0 radical (unpaired) electrons. The Kier molecular flexibility index (Phi) is 4.52. The van der Waals surface area contributed by atoms with Crippen LogP contribution in [0, 0.1) is 17.8 Å². The molecule has 100 valence electrons. The zero-order valence-corrected chi connectivity index (χ0v) is 11.9. The molecular formula is C16H31N. The van der Waals surface area contributed by atoms with Gasteiger partial charge in [0.2, 0.25) is 0 Å². The summed E-state index contributed by atoms with van der Waals surface area (Å²) < 4.78 is 0. The molecule has 0 heterocycles. The predicted molar refractivity (Wildman–Crippen MR) is 74.9 cm³/mol. The van der Waals surface area contributed by atoms with Gasteiger partial charge < -0.3 is 5.73 Å². The molecule has 2 fully saturated rings. The maximum Gasteiger partial charge on any atom is 0.0185 e. The second kappa shape index (κ2) is 5.73. The van der Waals surface area contributed by atoms with Crippen LogP contribution in [0.3, 0.4) is 0 Å². The molecule has 1 heteroatoms. The molecule has 0 spiro atoms. The van der Waals surface area contributed by atoms with E-state index in [1.165, 1.54) is 64.2 Å². The van der Waals surface area contributed by atoms with E-state index >= 15 is 0 Å².